The number of hydrogen-bond donors (Lipinski definition) is 3. The van der Waals surface area contributed by atoms with Crippen molar-refractivity contribution in [3.8, 4) is 0 Å². The Labute approximate surface area is 280 Å². The maximum atomic E-state index is 13.4. The molecule has 5 rings (SSSR count). The number of carbonyl (C=O) groups is 2. The lowest BCUT2D eigenvalue weighted by molar-refractivity contribution is -0.142. The van der Waals surface area contributed by atoms with Crippen LogP contribution in [-0.4, -0.2) is 44.8 Å². The molecule has 2 amide bonds. The van der Waals surface area contributed by atoms with Crippen molar-refractivity contribution in [2.24, 2.45) is 11.8 Å². The lowest BCUT2D eigenvalue weighted by Crippen LogP contribution is -2.31. The van der Waals surface area contributed by atoms with Crippen LogP contribution in [0.15, 0.2) is 30.6 Å². The third kappa shape index (κ3) is 10.4. The summed E-state index contributed by atoms with van der Waals surface area (Å²) in [7, 11) is 0. The highest BCUT2D eigenvalue weighted by atomic mass is 35.5. The van der Waals surface area contributed by atoms with E-state index in [4.69, 9.17) is 23.2 Å². The second kappa shape index (κ2) is 16.1. The first-order valence-electron chi connectivity index (χ1n) is 14.9. The summed E-state index contributed by atoms with van der Waals surface area (Å²) in [4.78, 5) is 37.8. The third-order valence-corrected chi connectivity index (χ3v) is 8.31. The van der Waals surface area contributed by atoms with Gasteiger partial charge in [0.15, 0.2) is 11.4 Å². The highest BCUT2D eigenvalue weighted by molar-refractivity contribution is 6.33. The number of amides is 2. The van der Waals surface area contributed by atoms with Gasteiger partial charge in [0.05, 0.1) is 21.8 Å². The quantitative estimate of drug-likeness (QED) is 0.159. The summed E-state index contributed by atoms with van der Waals surface area (Å²) in [5.41, 5.74) is -3.93. The topological polar surface area (TPSA) is 122 Å². The van der Waals surface area contributed by atoms with Crippen molar-refractivity contribution in [1.29, 1.82) is 0 Å². The lowest BCUT2D eigenvalue weighted by atomic mass is 10.1. The smallest absolute Gasteiger partial charge is 0.352 e. The van der Waals surface area contributed by atoms with Gasteiger partial charge in [0.25, 0.3) is 11.8 Å². The summed E-state index contributed by atoms with van der Waals surface area (Å²) >= 11 is 11.2. The number of hydrogen-bond acceptors (Lipinski definition) is 7. The van der Waals surface area contributed by atoms with Gasteiger partial charge in [-0.3, -0.25) is 9.59 Å². The molecule has 0 radical (unpaired) electrons. The van der Waals surface area contributed by atoms with Gasteiger partial charge in [0.1, 0.15) is 5.82 Å². The Hall–Kier alpha value is -3.79. The highest BCUT2D eigenvalue weighted by Crippen LogP contribution is 2.33. The van der Waals surface area contributed by atoms with Crippen molar-refractivity contribution in [3.05, 3.63) is 69.2 Å². The van der Waals surface area contributed by atoms with Crippen molar-refractivity contribution in [3.63, 3.8) is 0 Å². The Morgan fingerprint density at radius 1 is 0.750 bits per heavy atom. The molecule has 2 fully saturated rings. The van der Waals surface area contributed by atoms with E-state index in [1.165, 1.54) is 6.07 Å². The van der Waals surface area contributed by atoms with Crippen molar-refractivity contribution < 1.29 is 40.3 Å². The van der Waals surface area contributed by atoms with Crippen molar-refractivity contribution in [1.82, 2.24) is 30.6 Å². The van der Waals surface area contributed by atoms with Crippen molar-refractivity contribution in [2.75, 3.05) is 18.4 Å². The number of rotatable bonds is 8. The van der Waals surface area contributed by atoms with Gasteiger partial charge in [-0.2, -0.15) is 26.3 Å². The van der Waals surface area contributed by atoms with E-state index in [1.54, 1.807) is 0 Å². The molecule has 2 heterocycles. The van der Waals surface area contributed by atoms with Gasteiger partial charge in [-0.05, 0) is 67.3 Å². The van der Waals surface area contributed by atoms with E-state index in [9.17, 15) is 40.3 Å². The van der Waals surface area contributed by atoms with E-state index in [0.29, 0.717) is 19.0 Å². The fourth-order valence-electron chi connectivity index (χ4n) is 5.37. The fraction of sp³-hybridized carbons (Fsp3) is 0.467. The van der Waals surface area contributed by atoms with E-state index in [0.717, 1.165) is 75.9 Å². The second-order valence-corrected chi connectivity index (χ2v) is 12.1. The van der Waals surface area contributed by atoms with E-state index in [1.807, 2.05) is 0 Å². The second-order valence-electron chi connectivity index (χ2n) is 11.3. The van der Waals surface area contributed by atoms with E-state index in [-0.39, 0.29) is 16.6 Å². The predicted octanol–water partition coefficient (Wildman–Crippen LogP) is 8.02. The number of halogens is 9. The molecule has 3 aromatic rings. The largest absolute Gasteiger partial charge is 0.434 e. The maximum absolute atomic E-state index is 13.4. The molecule has 0 saturated heterocycles. The van der Waals surface area contributed by atoms with Gasteiger partial charge in [-0.15, -0.1) is 0 Å². The summed E-state index contributed by atoms with van der Waals surface area (Å²) < 4.78 is 92.0. The van der Waals surface area contributed by atoms with Crippen LogP contribution in [0.4, 0.5) is 42.4 Å². The number of aromatic nitrogens is 4. The molecule has 2 aromatic heterocycles. The highest BCUT2D eigenvalue weighted by Gasteiger charge is 2.39. The molecule has 2 saturated carbocycles. The first-order chi connectivity index (χ1) is 22.6. The first kappa shape index (κ1) is 37.0. The van der Waals surface area contributed by atoms with Crippen LogP contribution in [0.5, 0.6) is 0 Å². The zero-order chi connectivity index (χ0) is 35.1. The summed E-state index contributed by atoms with van der Waals surface area (Å²) in [6.07, 6.45) is 0.167. The molecular formula is C30H30Cl2F7N7O2. The number of benzene rings is 1. The standard InChI is InChI=1S/C18H17ClF4N4O.C12H13ClF3N3O/c19-13-6-5-11(20)7-14(13)26-17-25-9-12(15(27-17)18(21,22)23)16(28)24-8-10-3-1-2-4-10;13-11-18-6-8(9(19-11)12(14,15)16)10(20)17-5-7-3-1-2-4-7/h5-7,9-10H,1-4,8H2,(H,24,28)(H,25,26,27);6-7H,1-5H2,(H,17,20). The molecule has 260 valence electrons. The minimum absolute atomic E-state index is 0.00762. The summed E-state index contributed by atoms with van der Waals surface area (Å²) in [5, 5.41) is 7.03. The molecule has 0 aliphatic heterocycles. The van der Waals surface area contributed by atoms with Crippen LogP contribution >= 0.6 is 23.2 Å². The zero-order valence-corrected chi connectivity index (χ0v) is 26.6. The van der Waals surface area contributed by atoms with E-state index in [2.05, 4.69) is 35.9 Å². The molecule has 2 aliphatic carbocycles. The van der Waals surface area contributed by atoms with Gasteiger partial charge in [0, 0.05) is 25.5 Å². The van der Waals surface area contributed by atoms with Crippen LogP contribution in [0.2, 0.25) is 10.3 Å². The van der Waals surface area contributed by atoms with Crippen LogP contribution < -0.4 is 16.0 Å². The molecule has 1 aromatic carbocycles. The number of nitrogens with zero attached hydrogens (tertiary/aromatic N) is 4. The number of carbonyl (C=O) groups excluding carboxylic acids is 2. The fourth-order valence-corrected chi connectivity index (χ4v) is 5.67. The average Bonchev–Trinajstić information content (AvgIpc) is 3.75. The molecule has 9 nitrogen and oxygen atoms in total. The number of anilines is 2. The lowest BCUT2D eigenvalue weighted by Gasteiger charge is -2.15. The minimum atomic E-state index is -4.87. The summed E-state index contributed by atoms with van der Waals surface area (Å²) in [5.74, 6) is -2.18. The molecule has 0 spiro atoms. The van der Waals surface area contributed by atoms with Crippen molar-refractivity contribution in [2.45, 2.75) is 63.7 Å². The maximum Gasteiger partial charge on any atom is 0.434 e. The van der Waals surface area contributed by atoms with E-state index < -0.39 is 63.7 Å². The van der Waals surface area contributed by atoms with Gasteiger partial charge in [-0.1, -0.05) is 37.3 Å². The number of nitrogens with one attached hydrogen (secondary N) is 3. The normalized spacial score (nSPS) is 15.5. The molecule has 3 N–H and O–H groups in total. The van der Waals surface area contributed by atoms with Crippen molar-refractivity contribution >= 4 is 46.7 Å². The molecule has 0 atom stereocenters. The van der Waals surface area contributed by atoms with Gasteiger partial charge in [-0.25, -0.2) is 24.3 Å². The van der Waals surface area contributed by atoms with Crippen LogP contribution in [0, 0.1) is 17.7 Å². The molecule has 18 heteroatoms. The SMILES string of the molecule is O=C(NCC1CCCC1)c1cnc(Cl)nc1C(F)(F)F.O=C(NCC1CCCC1)c1cnc(Nc2cc(F)ccc2Cl)nc1C(F)(F)F. The van der Waals surface area contributed by atoms with Gasteiger partial charge < -0.3 is 16.0 Å². The third-order valence-electron chi connectivity index (χ3n) is 7.80. The van der Waals surface area contributed by atoms with Crippen LogP contribution in [0.3, 0.4) is 0 Å². The summed E-state index contributed by atoms with van der Waals surface area (Å²) in [6, 6.07) is 3.35. The van der Waals surface area contributed by atoms with Crippen LogP contribution in [0.25, 0.3) is 0 Å². The zero-order valence-electron chi connectivity index (χ0n) is 25.1. The molecule has 48 heavy (non-hydrogen) atoms. The monoisotopic (exact) mass is 723 g/mol. The summed E-state index contributed by atoms with van der Waals surface area (Å²) in [6.45, 7) is 0.688. The van der Waals surface area contributed by atoms with Crippen LogP contribution in [-0.2, 0) is 12.4 Å². The minimum Gasteiger partial charge on any atom is -0.352 e. The molecular weight excluding hydrogens is 694 g/mol. The Morgan fingerprint density at radius 2 is 1.23 bits per heavy atom. The number of alkyl halides is 6. The van der Waals surface area contributed by atoms with E-state index >= 15 is 0 Å². The van der Waals surface area contributed by atoms with Gasteiger partial charge in [0.2, 0.25) is 11.2 Å². The Balaban J connectivity index is 0.000000229. The molecule has 0 unspecified atom stereocenters. The first-order valence-corrected chi connectivity index (χ1v) is 15.7. The van der Waals surface area contributed by atoms with Crippen LogP contribution in [0.1, 0.15) is 83.5 Å². The average molecular weight is 725 g/mol. The molecule has 0 bridgehead atoms. The Kier molecular flexibility index (Phi) is 12.4. The predicted molar refractivity (Wildman–Crippen MR) is 162 cm³/mol. The Bertz CT molecular complexity index is 1600. The van der Waals surface area contributed by atoms with Gasteiger partial charge >= 0.3 is 12.4 Å². The Morgan fingerprint density at radius 3 is 1.73 bits per heavy atom. The molecule has 2 aliphatic rings.